The van der Waals surface area contributed by atoms with Gasteiger partial charge in [-0.05, 0) is 46.6 Å². The van der Waals surface area contributed by atoms with Crippen molar-refractivity contribution in [2.45, 2.75) is 25.8 Å². The molecule has 2 rings (SSSR count). The first-order valence-corrected chi connectivity index (χ1v) is 7.93. The summed E-state index contributed by atoms with van der Waals surface area (Å²) in [5, 5.41) is 4.32. The van der Waals surface area contributed by atoms with Gasteiger partial charge in [0, 0.05) is 36.4 Å². The van der Waals surface area contributed by atoms with Crippen molar-refractivity contribution in [2.75, 3.05) is 6.54 Å². The zero-order valence-corrected chi connectivity index (χ0v) is 14.1. The van der Waals surface area contributed by atoms with Gasteiger partial charge in [0.05, 0.1) is 5.02 Å². The van der Waals surface area contributed by atoms with E-state index in [1.165, 1.54) is 5.56 Å². The largest absolute Gasteiger partial charge is 0.338 e. The van der Waals surface area contributed by atoms with E-state index in [1.807, 2.05) is 25.5 Å². The van der Waals surface area contributed by atoms with E-state index in [2.05, 4.69) is 49.9 Å². The van der Waals surface area contributed by atoms with Gasteiger partial charge in [-0.3, -0.25) is 0 Å². The lowest BCUT2D eigenvalue weighted by Crippen LogP contribution is -2.25. The number of imidazole rings is 1. The van der Waals surface area contributed by atoms with E-state index in [9.17, 15) is 0 Å². The lowest BCUT2D eigenvalue weighted by atomic mass is 10.0. The van der Waals surface area contributed by atoms with Crippen LogP contribution in [0, 0.1) is 0 Å². The van der Waals surface area contributed by atoms with Crippen LogP contribution in [0.2, 0.25) is 5.02 Å². The fourth-order valence-corrected chi connectivity index (χ4v) is 2.65. The zero-order chi connectivity index (χ0) is 14.5. The van der Waals surface area contributed by atoms with E-state index in [0.29, 0.717) is 0 Å². The molecule has 0 bridgehead atoms. The van der Waals surface area contributed by atoms with Gasteiger partial charge in [-0.1, -0.05) is 24.6 Å². The molecule has 0 amide bonds. The zero-order valence-electron chi connectivity index (χ0n) is 11.7. The smallest absolute Gasteiger partial charge is 0.110 e. The molecular formula is C15H19BrClN3. The Morgan fingerprint density at radius 2 is 2.25 bits per heavy atom. The molecule has 0 spiro atoms. The second kappa shape index (κ2) is 7.25. The Hall–Kier alpha value is -0.840. The van der Waals surface area contributed by atoms with Crippen LogP contribution in [0.25, 0.3) is 0 Å². The van der Waals surface area contributed by atoms with E-state index in [4.69, 9.17) is 11.6 Å². The highest BCUT2D eigenvalue weighted by atomic mass is 79.9. The summed E-state index contributed by atoms with van der Waals surface area (Å²) in [5.41, 5.74) is 1.22. The minimum absolute atomic E-state index is 0.240. The second-order valence-corrected chi connectivity index (χ2v) is 6.10. The molecule has 0 aliphatic heterocycles. The summed E-state index contributed by atoms with van der Waals surface area (Å²) in [6, 6.07) is 6.33. The minimum Gasteiger partial charge on any atom is -0.338 e. The number of aryl methyl sites for hydroxylation is 1. The van der Waals surface area contributed by atoms with Crippen molar-refractivity contribution in [2.24, 2.45) is 7.05 Å². The van der Waals surface area contributed by atoms with E-state index in [0.717, 1.165) is 34.7 Å². The number of nitrogens with one attached hydrogen (secondary N) is 1. The molecule has 1 atom stereocenters. The Kier molecular flexibility index (Phi) is 5.64. The monoisotopic (exact) mass is 355 g/mol. The van der Waals surface area contributed by atoms with Crippen molar-refractivity contribution >= 4 is 27.5 Å². The predicted molar refractivity (Wildman–Crippen MR) is 87.1 cm³/mol. The Bertz CT molecular complexity index is 568. The Labute approximate surface area is 133 Å². The molecule has 108 valence electrons. The van der Waals surface area contributed by atoms with Gasteiger partial charge in [0.2, 0.25) is 0 Å². The van der Waals surface area contributed by atoms with Crippen LogP contribution in [0.3, 0.4) is 0 Å². The van der Waals surface area contributed by atoms with Gasteiger partial charge in [0.25, 0.3) is 0 Å². The van der Waals surface area contributed by atoms with E-state index >= 15 is 0 Å². The second-order valence-electron chi connectivity index (χ2n) is 4.84. The molecule has 0 saturated heterocycles. The predicted octanol–water partition coefficient (Wildman–Crippen LogP) is 4.12. The fourth-order valence-electron chi connectivity index (χ4n) is 2.13. The van der Waals surface area contributed by atoms with Crippen molar-refractivity contribution in [3.63, 3.8) is 0 Å². The molecule has 1 unspecified atom stereocenters. The number of nitrogens with zero attached hydrogens (tertiary/aromatic N) is 2. The fraction of sp³-hybridized carbons (Fsp3) is 0.400. The summed E-state index contributed by atoms with van der Waals surface area (Å²) >= 11 is 9.57. The van der Waals surface area contributed by atoms with Crippen LogP contribution in [0.5, 0.6) is 0 Å². The summed E-state index contributed by atoms with van der Waals surface area (Å²) in [4.78, 5) is 4.41. The highest BCUT2D eigenvalue weighted by Gasteiger charge is 2.15. The number of rotatable bonds is 6. The maximum atomic E-state index is 6.07. The van der Waals surface area contributed by atoms with Crippen LogP contribution in [-0.4, -0.2) is 16.1 Å². The molecule has 1 heterocycles. The summed E-state index contributed by atoms with van der Waals surface area (Å²) in [6.45, 7) is 3.15. The molecule has 1 aromatic carbocycles. The first kappa shape index (κ1) is 15.5. The summed E-state index contributed by atoms with van der Waals surface area (Å²) in [7, 11) is 2.02. The number of benzene rings is 1. The quantitative estimate of drug-likeness (QED) is 0.844. The highest BCUT2D eigenvalue weighted by molar-refractivity contribution is 9.10. The number of hydrogen-bond acceptors (Lipinski definition) is 2. The van der Waals surface area contributed by atoms with Gasteiger partial charge >= 0.3 is 0 Å². The third-order valence-electron chi connectivity index (χ3n) is 3.29. The number of hydrogen-bond donors (Lipinski definition) is 1. The maximum absolute atomic E-state index is 6.07. The van der Waals surface area contributed by atoms with E-state index in [-0.39, 0.29) is 6.04 Å². The van der Waals surface area contributed by atoms with Crippen LogP contribution >= 0.6 is 27.5 Å². The molecule has 0 radical (unpaired) electrons. The summed E-state index contributed by atoms with van der Waals surface area (Å²) in [6.07, 6.45) is 5.78. The van der Waals surface area contributed by atoms with Gasteiger partial charge in [0.1, 0.15) is 5.82 Å². The standard InChI is InChI=1S/C15H19BrClN3/c1-3-6-18-14(10-15-19-7-8-20(15)2)11-4-5-13(17)12(16)9-11/h4-5,7-9,14,18H,3,6,10H2,1-2H3. The first-order valence-electron chi connectivity index (χ1n) is 6.76. The molecular weight excluding hydrogens is 338 g/mol. The SMILES string of the molecule is CCCNC(Cc1nccn1C)c1ccc(Cl)c(Br)c1. The van der Waals surface area contributed by atoms with Crippen molar-refractivity contribution in [3.05, 3.63) is 51.5 Å². The Balaban J connectivity index is 2.22. The van der Waals surface area contributed by atoms with Crippen molar-refractivity contribution < 1.29 is 0 Å². The molecule has 5 heteroatoms. The molecule has 1 aromatic heterocycles. The Morgan fingerprint density at radius 1 is 1.45 bits per heavy atom. The summed E-state index contributed by atoms with van der Waals surface area (Å²) < 4.78 is 2.99. The van der Waals surface area contributed by atoms with E-state index in [1.54, 1.807) is 0 Å². The van der Waals surface area contributed by atoms with Gasteiger partial charge in [-0.25, -0.2) is 4.98 Å². The third kappa shape index (κ3) is 3.84. The van der Waals surface area contributed by atoms with Crippen LogP contribution in [0.1, 0.15) is 30.8 Å². The first-order chi connectivity index (χ1) is 9.61. The third-order valence-corrected chi connectivity index (χ3v) is 4.51. The maximum Gasteiger partial charge on any atom is 0.110 e. The van der Waals surface area contributed by atoms with Gasteiger partial charge in [-0.2, -0.15) is 0 Å². The van der Waals surface area contributed by atoms with Crippen LogP contribution in [-0.2, 0) is 13.5 Å². The lowest BCUT2D eigenvalue weighted by molar-refractivity contribution is 0.512. The average Bonchev–Trinajstić information content (AvgIpc) is 2.83. The van der Waals surface area contributed by atoms with Crippen LogP contribution in [0.15, 0.2) is 35.1 Å². The molecule has 0 aliphatic carbocycles. The molecule has 1 N–H and O–H groups in total. The van der Waals surface area contributed by atoms with Crippen molar-refractivity contribution in [3.8, 4) is 0 Å². The molecule has 0 saturated carbocycles. The normalized spacial score (nSPS) is 12.6. The van der Waals surface area contributed by atoms with Gasteiger partial charge < -0.3 is 9.88 Å². The highest BCUT2D eigenvalue weighted by Crippen LogP contribution is 2.27. The van der Waals surface area contributed by atoms with E-state index < -0.39 is 0 Å². The molecule has 0 aliphatic rings. The van der Waals surface area contributed by atoms with Crippen molar-refractivity contribution in [1.82, 2.24) is 14.9 Å². The number of aromatic nitrogens is 2. The van der Waals surface area contributed by atoms with Gasteiger partial charge in [-0.15, -0.1) is 0 Å². The van der Waals surface area contributed by atoms with Crippen LogP contribution in [0.4, 0.5) is 0 Å². The molecule has 2 aromatic rings. The molecule has 3 nitrogen and oxygen atoms in total. The van der Waals surface area contributed by atoms with Gasteiger partial charge in [0.15, 0.2) is 0 Å². The Morgan fingerprint density at radius 3 is 2.85 bits per heavy atom. The molecule has 0 fully saturated rings. The lowest BCUT2D eigenvalue weighted by Gasteiger charge is -2.19. The molecule has 20 heavy (non-hydrogen) atoms. The minimum atomic E-state index is 0.240. The van der Waals surface area contributed by atoms with Crippen LogP contribution < -0.4 is 5.32 Å². The van der Waals surface area contributed by atoms with Crippen molar-refractivity contribution in [1.29, 1.82) is 0 Å². The summed E-state index contributed by atoms with van der Waals surface area (Å²) in [5.74, 6) is 1.07. The average molecular weight is 357 g/mol. The number of halogens is 2. The topological polar surface area (TPSA) is 29.9 Å².